The molecule has 5 rings (SSSR count). The predicted octanol–water partition coefficient (Wildman–Crippen LogP) is 6.50. The lowest BCUT2D eigenvalue weighted by molar-refractivity contribution is -0.348. The Bertz CT molecular complexity index is 1570. The van der Waals surface area contributed by atoms with Gasteiger partial charge in [-0.3, -0.25) is 9.59 Å². The van der Waals surface area contributed by atoms with Crippen LogP contribution >= 0.6 is 0 Å². The fourth-order valence-corrected chi connectivity index (χ4v) is 9.70. The van der Waals surface area contributed by atoms with Gasteiger partial charge in [0.15, 0.2) is 9.84 Å². The van der Waals surface area contributed by atoms with Crippen molar-refractivity contribution in [2.75, 3.05) is 13.1 Å². The summed E-state index contributed by atoms with van der Waals surface area (Å²) < 4.78 is 124. The van der Waals surface area contributed by atoms with Crippen molar-refractivity contribution in [3.8, 4) is 0 Å². The van der Waals surface area contributed by atoms with Crippen LogP contribution in [0.2, 0.25) is 0 Å². The monoisotopic (exact) mass is 663 g/mol. The average Bonchev–Trinajstić information content (AvgIpc) is 3.41. The zero-order valence-electron chi connectivity index (χ0n) is 24.2. The highest BCUT2D eigenvalue weighted by atomic mass is 32.2. The Morgan fingerprint density at radius 1 is 0.889 bits per heavy atom. The van der Waals surface area contributed by atoms with Gasteiger partial charge in [0, 0.05) is 30.5 Å². The van der Waals surface area contributed by atoms with E-state index in [-0.39, 0.29) is 67.0 Å². The van der Waals surface area contributed by atoms with Crippen molar-refractivity contribution in [1.29, 1.82) is 0 Å². The number of aryl methyl sites for hydroxylation is 2. The first kappa shape index (κ1) is 33.2. The number of rotatable bonds is 6. The summed E-state index contributed by atoms with van der Waals surface area (Å²) in [5.74, 6) is -3.25. The van der Waals surface area contributed by atoms with E-state index in [1.807, 2.05) is 6.92 Å². The largest absolute Gasteiger partial charge is 0.481 e. The van der Waals surface area contributed by atoms with Crippen molar-refractivity contribution in [2.45, 2.75) is 79.5 Å². The molecule has 2 fully saturated rings. The lowest BCUT2D eigenvalue weighted by Crippen LogP contribution is -2.51. The summed E-state index contributed by atoms with van der Waals surface area (Å²) in [5, 5.41) is 9.32. The van der Waals surface area contributed by atoms with E-state index in [9.17, 15) is 49.5 Å². The van der Waals surface area contributed by atoms with Crippen LogP contribution in [0.3, 0.4) is 0 Å². The number of hydrogen-bond acceptors (Lipinski definition) is 4. The normalized spacial score (nSPS) is 25.9. The number of sulfone groups is 1. The number of amides is 1. The van der Waals surface area contributed by atoms with E-state index >= 15 is 4.39 Å². The molecule has 1 amide bonds. The number of nitrogens with zero attached hydrogens (tertiary/aromatic N) is 1. The van der Waals surface area contributed by atoms with Gasteiger partial charge in [0.1, 0.15) is 4.75 Å². The average molecular weight is 664 g/mol. The molecule has 2 aromatic carbocycles. The van der Waals surface area contributed by atoms with Crippen LogP contribution < -0.4 is 0 Å². The molecular weight excluding hydrogens is 631 g/mol. The molecule has 1 aliphatic heterocycles. The van der Waals surface area contributed by atoms with Crippen molar-refractivity contribution in [3.05, 3.63) is 64.7 Å². The molecule has 1 heterocycles. The highest BCUT2D eigenvalue weighted by Gasteiger charge is 2.73. The Morgan fingerprint density at radius 3 is 2.00 bits per heavy atom. The summed E-state index contributed by atoms with van der Waals surface area (Å²) in [6.45, 7) is 1.44. The Morgan fingerprint density at radius 2 is 1.47 bits per heavy atom. The number of halogens is 7. The van der Waals surface area contributed by atoms with Gasteiger partial charge in [-0.2, -0.15) is 26.3 Å². The summed E-state index contributed by atoms with van der Waals surface area (Å²) >= 11 is 0. The van der Waals surface area contributed by atoms with E-state index in [1.54, 1.807) is 12.1 Å². The summed E-state index contributed by atoms with van der Waals surface area (Å²) in [5.41, 5.74) is -6.76. The van der Waals surface area contributed by atoms with Crippen LogP contribution in [-0.2, 0) is 42.7 Å². The highest BCUT2D eigenvalue weighted by molar-refractivity contribution is 7.92. The molecule has 0 radical (unpaired) electrons. The topological polar surface area (TPSA) is 91.8 Å². The van der Waals surface area contributed by atoms with Crippen molar-refractivity contribution in [1.82, 2.24) is 4.90 Å². The second kappa shape index (κ2) is 11.3. The minimum atomic E-state index is -6.34. The molecule has 6 nitrogen and oxygen atoms in total. The third-order valence-electron chi connectivity index (χ3n) is 9.89. The number of fused-ring (bicyclic) bond motifs is 3. The number of benzene rings is 2. The van der Waals surface area contributed by atoms with Crippen LogP contribution in [0.25, 0.3) is 0 Å². The molecule has 0 spiro atoms. The molecule has 2 aromatic rings. The maximum Gasteiger partial charge on any atom is 0.435 e. The second-order valence-electron chi connectivity index (χ2n) is 12.3. The molecular formula is C31H32F7NO5S. The number of likely N-dealkylation sites (tertiary alicyclic amines) is 1. The van der Waals surface area contributed by atoms with Crippen molar-refractivity contribution in [3.63, 3.8) is 0 Å². The van der Waals surface area contributed by atoms with Gasteiger partial charge in [-0.25, -0.2) is 12.8 Å². The van der Waals surface area contributed by atoms with Gasteiger partial charge in [-0.05, 0) is 73.8 Å². The lowest BCUT2D eigenvalue weighted by Gasteiger charge is -2.40. The van der Waals surface area contributed by atoms with Gasteiger partial charge in [0.25, 0.3) is 0 Å². The van der Waals surface area contributed by atoms with Crippen LogP contribution in [-0.4, -0.2) is 55.7 Å². The fraction of sp³-hybridized carbons (Fsp3) is 0.548. The maximum atomic E-state index is 15.0. The van der Waals surface area contributed by atoms with Crippen molar-refractivity contribution < 1.29 is 53.8 Å². The molecule has 14 heteroatoms. The molecule has 1 saturated carbocycles. The molecule has 3 aliphatic rings. The summed E-state index contributed by atoms with van der Waals surface area (Å²) in [7, 11) is -4.43. The number of carboxylic acids is 1. The molecule has 2 unspecified atom stereocenters. The molecule has 45 heavy (non-hydrogen) atoms. The first-order chi connectivity index (χ1) is 20.9. The highest BCUT2D eigenvalue weighted by Crippen LogP contribution is 2.56. The van der Waals surface area contributed by atoms with E-state index in [4.69, 9.17) is 0 Å². The van der Waals surface area contributed by atoms with Gasteiger partial charge in [-0.15, -0.1) is 0 Å². The van der Waals surface area contributed by atoms with Crippen molar-refractivity contribution in [2.24, 2.45) is 17.8 Å². The molecule has 246 valence electrons. The first-order valence-electron chi connectivity index (χ1n) is 14.7. The zero-order valence-corrected chi connectivity index (χ0v) is 25.0. The van der Waals surface area contributed by atoms with Crippen LogP contribution in [0.5, 0.6) is 0 Å². The Labute approximate surface area is 255 Å². The first-order valence-corrected chi connectivity index (χ1v) is 16.2. The summed E-state index contributed by atoms with van der Waals surface area (Å²) in [6, 6.07) is 7.63. The van der Waals surface area contributed by atoms with Gasteiger partial charge in [0.05, 0.1) is 10.8 Å². The predicted molar refractivity (Wildman–Crippen MR) is 147 cm³/mol. The van der Waals surface area contributed by atoms with Gasteiger partial charge in [0.2, 0.25) is 5.91 Å². The quantitative estimate of drug-likeness (QED) is 0.357. The standard InChI is InChI=1S/C31H32F7NO5S/c1-2-18-3-12-24(13-4-18)45(43,44)28-17-39(26(40)19-5-7-20(8-6-19)27(41)42)16-23(28)10-9-21-15-22(11-14-25(21)28)29(32,30(33,34)35)31(36,37)38/h3-4,11-15,19-20,23H,2,5-10,16-17H2,1H3,(H,41,42). The Hall–Kier alpha value is -3.16. The second-order valence-corrected chi connectivity index (χ2v) is 14.5. The molecule has 0 bridgehead atoms. The van der Waals surface area contributed by atoms with Crippen LogP contribution in [0, 0.1) is 17.8 Å². The molecule has 0 aromatic heterocycles. The van der Waals surface area contributed by atoms with Crippen LogP contribution in [0.15, 0.2) is 47.4 Å². The molecule has 2 atom stereocenters. The van der Waals surface area contributed by atoms with Gasteiger partial charge < -0.3 is 10.0 Å². The third-order valence-corrected chi connectivity index (χ3v) is 12.4. The van der Waals surface area contributed by atoms with E-state index in [1.165, 1.54) is 17.0 Å². The smallest absolute Gasteiger partial charge is 0.435 e. The Kier molecular flexibility index (Phi) is 8.32. The maximum absolute atomic E-state index is 15.0. The summed E-state index contributed by atoms with van der Waals surface area (Å²) in [6.07, 6.45) is -11.1. The third kappa shape index (κ3) is 5.20. The molecule has 1 N–H and O–H groups in total. The number of alkyl halides is 7. The van der Waals surface area contributed by atoms with Crippen molar-refractivity contribution >= 4 is 21.7 Å². The fourth-order valence-electron chi connectivity index (χ4n) is 7.34. The number of carbonyl (C=O) groups excluding carboxylic acids is 1. The number of carboxylic acid groups (broad SMARTS) is 1. The van der Waals surface area contributed by atoms with E-state index < -0.39 is 68.4 Å². The number of hydrogen-bond donors (Lipinski definition) is 1. The van der Waals surface area contributed by atoms with Crippen LogP contribution in [0.1, 0.15) is 61.3 Å². The molecule has 1 saturated heterocycles. The number of aliphatic carboxylic acids is 1. The van der Waals surface area contributed by atoms with Gasteiger partial charge in [-0.1, -0.05) is 37.3 Å². The minimum absolute atomic E-state index is 0.00951. The lowest BCUT2D eigenvalue weighted by atomic mass is 9.75. The van der Waals surface area contributed by atoms with Crippen LogP contribution in [0.4, 0.5) is 30.7 Å². The summed E-state index contributed by atoms with van der Waals surface area (Å²) in [4.78, 5) is 26.4. The minimum Gasteiger partial charge on any atom is -0.481 e. The Balaban J connectivity index is 1.61. The SMILES string of the molecule is CCc1ccc(S(=O)(=O)C23CN(C(=O)C4CCC(C(=O)O)CC4)CC2CCc2cc(C(F)(C(F)(F)F)C(F)(F)F)ccc23)cc1. The molecule has 2 aliphatic carbocycles. The van der Waals surface area contributed by atoms with E-state index in [0.29, 0.717) is 18.6 Å². The van der Waals surface area contributed by atoms with E-state index in [2.05, 4.69) is 0 Å². The zero-order chi connectivity index (χ0) is 33.2. The van der Waals surface area contributed by atoms with E-state index in [0.717, 1.165) is 11.6 Å². The van der Waals surface area contributed by atoms with Gasteiger partial charge >= 0.3 is 24.0 Å². The number of carbonyl (C=O) groups is 2.